The zero-order valence-electron chi connectivity index (χ0n) is 14.5. The van der Waals surface area contributed by atoms with E-state index in [1.54, 1.807) is 6.07 Å². The summed E-state index contributed by atoms with van der Waals surface area (Å²) in [5, 5.41) is 6.31. The van der Waals surface area contributed by atoms with E-state index < -0.39 is 5.91 Å². The highest BCUT2D eigenvalue weighted by molar-refractivity contribution is 6.03. The number of carbonyl (C=O) groups is 1. The number of hydrogen-bond acceptors (Lipinski definition) is 1. The topological polar surface area (TPSA) is 83.3 Å². The van der Waals surface area contributed by atoms with Crippen molar-refractivity contribution in [3.8, 4) is 0 Å². The van der Waals surface area contributed by atoms with Gasteiger partial charge in [-0.05, 0) is 34.5 Å². The molecule has 5 nitrogen and oxygen atoms in total. The number of para-hydroxylation sites is 1. The van der Waals surface area contributed by atoms with Crippen molar-refractivity contribution in [3.05, 3.63) is 84.1 Å². The molecule has 0 aliphatic heterocycles. The van der Waals surface area contributed by atoms with Gasteiger partial charge in [0.15, 0.2) is 5.96 Å². The molecule has 4 rings (SSSR count). The first kappa shape index (κ1) is 18.5. The van der Waals surface area contributed by atoms with E-state index in [4.69, 9.17) is 5.73 Å². The number of H-pyrrole nitrogens is 1. The van der Waals surface area contributed by atoms with Gasteiger partial charge in [0.2, 0.25) is 0 Å². The molecule has 0 radical (unpaired) electrons. The molecule has 0 saturated carbocycles. The maximum atomic E-state index is 12.3. The molecule has 27 heavy (non-hydrogen) atoms. The zero-order valence-corrected chi connectivity index (χ0v) is 15.3. The summed E-state index contributed by atoms with van der Waals surface area (Å²) in [6.07, 6.45) is 0. The van der Waals surface area contributed by atoms with Gasteiger partial charge in [-0.2, -0.15) is 4.99 Å². The smallest absolute Gasteiger partial charge is 0.296 e. The number of aliphatic imine (C=N–C) groups is 1. The first-order chi connectivity index (χ1) is 12.7. The molecule has 6 heteroatoms. The average Bonchev–Trinajstić information content (AvgIpc) is 3.10. The lowest BCUT2D eigenvalue weighted by molar-refractivity contribution is 0.0998. The number of aromatic nitrogens is 1. The predicted octanol–water partition coefficient (Wildman–Crippen LogP) is 3.99. The molecule has 0 bridgehead atoms. The summed E-state index contributed by atoms with van der Waals surface area (Å²) in [5.41, 5.74) is 8.26. The third-order valence-corrected chi connectivity index (χ3v) is 4.27. The minimum atomic E-state index is -0.398. The summed E-state index contributed by atoms with van der Waals surface area (Å²) >= 11 is 0. The highest BCUT2D eigenvalue weighted by Crippen LogP contribution is 2.16. The Morgan fingerprint density at radius 2 is 1.63 bits per heavy atom. The van der Waals surface area contributed by atoms with Gasteiger partial charge in [-0.3, -0.25) is 4.79 Å². The van der Waals surface area contributed by atoms with Crippen molar-refractivity contribution in [2.75, 3.05) is 0 Å². The summed E-state index contributed by atoms with van der Waals surface area (Å²) in [7, 11) is 0. The van der Waals surface area contributed by atoms with Crippen LogP contribution in [0.5, 0.6) is 0 Å². The fraction of sp³-hybridized carbons (Fsp3) is 0.0476. The quantitative estimate of drug-likeness (QED) is 0.372. The van der Waals surface area contributed by atoms with Crippen LogP contribution in [0.1, 0.15) is 16.1 Å². The minimum Gasteiger partial charge on any atom is -0.370 e. The third kappa shape index (κ3) is 4.10. The van der Waals surface area contributed by atoms with Gasteiger partial charge in [0.1, 0.15) is 5.69 Å². The number of halogens is 1. The first-order valence-electron chi connectivity index (χ1n) is 8.37. The number of amides is 1. The monoisotopic (exact) mass is 378 g/mol. The van der Waals surface area contributed by atoms with E-state index >= 15 is 0 Å². The van der Waals surface area contributed by atoms with Gasteiger partial charge in [0.05, 0.1) is 0 Å². The summed E-state index contributed by atoms with van der Waals surface area (Å²) in [4.78, 5) is 19.3. The Bertz CT molecular complexity index is 1100. The van der Waals surface area contributed by atoms with Crippen molar-refractivity contribution in [3.63, 3.8) is 0 Å². The van der Waals surface area contributed by atoms with Gasteiger partial charge in [0.25, 0.3) is 5.91 Å². The molecule has 3 aromatic carbocycles. The third-order valence-electron chi connectivity index (χ3n) is 4.27. The zero-order chi connectivity index (χ0) is 17.9. The number of benzene rings is 3. The SMILES string of the molecule is Cl.NC(=NC(=O)c1cc2ccccc2[nH]1)NCc1ccc2ccccc2c1. The summed E-state index contributed by atoms with van der Waals surface area (Å²) < 4.78 is 0. The number of aromatic amines is 1. The molecule has 0 unspecified atom stereocenters. The average molecular weight is 379 g/mol. The van der Waals surface area contributed by atoms with Crippen molar-refractivity contribution >= 4 is 45.9 Å². The molecule has 136 valence electrons. The number of nitrogens with one attached hydrogen (secondary N) is 2. The molecular weight excluding hydrogens is 360 g/mol. The van der Waals surface area contributed by atoms with Gasteiger partial charge in [0, 0.05) is 17.4 Å². The van der Waals surface area contributed by atoms with Gasteiger partial charge in [-0.1, -0.05) is 54.6 Å². The highest BCUT2D eigenvalue weighted by Gasteiger charge is 2.09. The summed E-state index contributed by atoms with van der Waals surface area (Å²) in [6.45, 7) is 0.500. The fourth-order valence-corrected chi connectivity index (χ4v) is 2.94. The summed E-state index contributed by atoms with van der Waals surface area (Å²) in [5.74, 6) is -0.300. The highest BCUT2D eigenvalue weighted by atomic mass is 35.5. The molecule has 0 aliphatic carbocycles. The van der Waals surface area contributed by atoms with E-state index in [0.717, 1.165) is 21.9 Å². The van der Waals surface area contributed by atoms with Gasteiger partial charge < -0.3 is 16.0 Å². The maximum absolute atomic E-state index is 12.3. The maximum Gasteiger partial charge on any atom is 0.296 e. The van der Waals surface area contributed by atoms with Gasteiger partial charge in [-0.25, -0.2) is 0 Å². The fourth-order valence-electron chi connectivity index (χ4n) is 2.94. The van der Waals surface area contributed by atoms with Gasteiger partial charge in [-0.15, -0.1) is 12.4 Å². The molecule has 0 atom stereocenters. The molecular formula is C21H19ClN4O. The van der Waals surface area contributed by atoms with Crippen LogP contribution in [0, 0.1) is 0 Å². The van der Waals surface area contributed by atoms with Crippen LogP contribution in [0.25, 0.3) is 21.7 Å². The molecule has 1 amide bonds. The number of fused-ring (bicyclic) bond motifs is 2. The molecule has 0 spiro atoms. The van der Waals surface area contributed by atoms with Crippen molar-refractivity contribution < 1.29 is 4.79 Å². The van der Waals surface area contributed by atoms with Crippen molar-refractivity contribution in [2.45, 2.75) is 6.54 Å². The Kier molecular flexibility index (Phi) is 5.43. The molecule has 4 N–H and O–H groups in total. The first-order valence-corrected chi connectivity index (χ1v) is 8.37. The second-order valence-corrected chi connectivity index (χ2v) is 6.11. The Labute approximate surface area is 162 Å². The van der Waals surface area contributed by atoms with Gasteiger partial charge >= 0.3 is 0 Å². The van der Waals surface area contributed by atoms with Crippen LogP contribution in [-0.2, 0) is 6.54 Å². The van der Waals surface area contributed by atoms with E-state index in [-0.39, 0.29) is 18.4 Å². The second-order valence-electron chi connectivity index (χ2n) is 6.11. The van der Waals surface area contributed by atoms with E-state index in [2.05, 4.69) is 39.6 Å². The number of guanidine groups is 1. The molecule has 1 aromatic heterocycles. The number of rotatable bonds is 3. The molecule has 0 fully saturated rings. The van der Waals surface area contributed by atoms with Crippen LogP contribution in [0.4, 0.5) is 0 Å². The standard InChI is InChI=1S/C21H18N4O.ClH/c22-21(23-13-14-9-10-15-5-1-2-6-16(15)11-14)25-20(26)19-12-17-7-3-4-8-18(17)24-19;/h1-12,24H,13H2,(H3,22,23,25,26);1H. The lowest BCUT2D eigenvalue weighted by Crippen LogP contribution is -2.32. The second kappa shape index (κ2) is 7.93. The Morgan fingerprint density at radius 1 is 0.926 bits per heavy atom. The Balaban J connectivity index is 0.00000210. The van der Waals surface area contributed by atoms with Crippen molar-refractivity contribution in [1.82, 2.24) is 10.3 Å². The van der Waals surface area contributed by atoms with Crippen LogP contribution < -0.4 is 11.1 Å². The largest absolute Gasteiger partial charge is 0.370 e. The number of nitrogens with zero attached hydrogens (tertiary/aromatic N) is 1. The van der Waals surface area contributed by atoms with E-state index in [1.807, 2.05) is 42.5 Å². The number of hydrogen-bond donors (Lipinski definition) is 3. The van der Waals surface area contributed by atoms with Crippen molar-refractivity contribution in [2.24, 2.45) is 10.7 Å². The molecule has 0 saturated heterocycles. The summed E-state index contributed by atoms with van der Waals surface area (Å²) in [6, 6.07) is 23.8. The molecule has 0 aliphatic rings. The Hall–Kier alpha value is -3.31. The van der Waals surface area contributed by atoms with E-state index in [9.17, 15) is 4.79 Å². The lowest BCUT2D eigenvalue weighted by atomic mass is 10.1. The van der Waals surface area contributed by atoms with E-state index in [1.165, 1.54) is 5.39 Å². The Morgan fingerprint density at radius 3 is 2.41 bits per heavy atom. The predicted molar refractivity (Wildman–Crippen MR) is 112 cm³/mol. The van der Waals surface area contributed by atoms with Crippen LogP contribution in [0.3, 0.4) is 0 Å². The molecule has 1 heterocycles. The molecule has 4 aromatic rings. The van der Waals surface area contributed by atoms with Crippen LogP contribution >= 0.6 is 12.4 Å². The van der Waals surface area contributed by atoms with Crippen LogP contribution in [0.15, 0.2) is 77.8 Å². The number of nitrogens with two attached hydrogens (primary N) is 1. The normalized spacial score (nSPS) is 11.3. The minimum absolute atomic E-state index is 0. The van der Waals surface area contributed by atoms with Crippen LogP contribution in [0.2, 0.25) is 0 Å². The lowest BCUT2D eigenvalue weighted by Gasteiger charge is -2.06. The van der Waals surface area contributed by atoms with E-state index in [0.29, 0.717) is 12.2 Å². The van der Waals surface area contributed by atoms with Crippen LogP contribution in [-0.4, -0.2) is 16.9 Å². The number of carbonyl (C=O) groups excluding carboxylic acids is 1. The van der Waals surface area contributed by atoms with Crippen molar-refractivity contribution in [1.29, 1.82) is 0 Å².